The number of carboxylic acids is 1. The molecule has 4 nitrogen and oxygen atoms in total. The van der Waals surface area contributed by atoms with Crippen LogP contribution in [0.5, 0.6) is 5.75 Å². The fourth-order valence-electron chi connectivity index (χ4n) is 1.96. The molecule has 0 saturated heterocycles. The zero-order valence-electron chi connectivity index (χ0n) is 12.1. The van der Waals surface area contributed by atoms with Gasteiger partial charge >= 0.3 is 5.97 Å². The van der Waals surface area contributed by atoms with E-state index in [4.69, 9.17) is 9.84 Å². The molecule has 110 valence electrons. The van der Waals surface area contributed by atoms with Crippen LogP contribution in [0.4, 0.5) is 0 Å². The van der Waals surface area contributed by atoms with E-state index in [1.807, 2.05) is 12.1 Å². The lowest BCUT2D eigenvalue weighted by molar-refractivity contribution is 0.0697. The van der Waals surface area contributed by atoms with Crippen molar-refractivity contribution in [3.63, 3.8) is 0 Å². The van der Waals surface area contributed by atoms with Crippen LogP contribution >= 0.6 is 0 Å². The predicted octanol–water partition coefficient (Wildman–Crippen LogP) is 4.02. The third-order valence-electron chi connectivity index (χ3n) is 3.18. The summed E-state index contributed by atoms with van der Waals surface area (Å²) in [5.74, 6) is -0.164. The first kappa shape index (κ1) is 15.0. The van der Waals surface area contributed by atoms with Crippen molar-refractivity contribution in [2.24, 2.45) is 0 Å². The summed E-state index contributed by atoms with van der Waals surface area (Å²) in [6.07, 6.45) is 5.09. The van der Waals surface area contributed by atoms with Gasteiger partial charge in [-0.2, -0.15) is 0 Å². The lowest BCUT2D eigenvalue weighted by Gasteiger charge is -2.06. The van der Waals surface area contributed by atoms with Crippen molar-refractivity contribution >= 4 is 5.97 Å². The van der Waals surface area contributed by atoms with Crippen LogP contribution < -0.4 is 4.74 Å². The Morgan fingerprint density at radius 1 is 1.14 bits per heavy atom. The van der Waals surface area contributed by atoms with Crippen molar-refractivity contribution in [2.45, 2.75) is 26.2 Å². The van der Waals surface area contributed by atoms with E-state index in [9.17, 15) is 4.79 Å². The molecule has 0 aliphatic heterocycles. The lowest BCUT2D eigenvalue weighted by atomic mass is 10.1. The number of aromatic carboxylic acids is 1. The molecule has 2 aromatic rings. The second-order valence-corrected chi connectivity index (χ2v) is 4.82. The van der Waals surface area contributed by atoms with Gasteiger partial charge in [-0.1, -0.05) is 31.9 Å². The maximum absolute atomic E-state index is 10.8. The molecule has 1 aromatic carbocycles. The summed E-state index contributed by atoms with van der Waals surface area (Å²) >= 11 is 0. The quantitative estimate of drug-likeness (QED) is 0.781. The third-order valence-corrected chi connectivity index (χ3v) is 3.18. The molecule has 0 unspecified atom stereocenters. The first-order valence-corrected chi connectivity index (χ1v) is 7.13. The van der Waals surface area contributed by atoms with Crippen LogP contribution in [0.1, 0.15) is 36.5 Å². The zero-order valence-corrected chi connectivity index (χ0v) is 12.1. The first-order valence-electron chi connectivity index (χ1n) is 7.13. The molecular weight excluding hydrogens is 266 g/mol. The molecule has 0 aliphatic carbocycles. The second-order valence-electron chi connectivity index (χ2n) is 4.82. The fourth-order valence-corrected chi connectivity index (χ4v) is 1.96. The van der Waals surface area contributed by atoms with E-state index in [1.54, 1.807) is 30.5 Å². The van der Waals surface area contributed by atoms with Crippen LogP contribution in [0, 0.1) is 0 Å². The van der Waals surface area contributed by atoms with Gasteiger partial charge in [0.1, 0.15) is 5.75 Å². The van der Waals surface area contributed by atoms with Crippen molar-refractivity contribution in [1.82, 2.24) is 4.98 Å². The van der Waals surface area contributed by atoms with Crippen LogP contribution in [0.25, 0.3) is 11.3 Å². The van der Waals surface area contributed by atoms with Crippen LogP contribution in [-0.4, -0.2) is 22.7 Å². The van der Waals surface area contributed by atoms with Crippen molar-refractivity contribution in [3.05, 3.63) is 48.2 Å². The number of aromatic nitrogens is 1. The highest BCUT2D eigenvalue weighted by atomic mass is 16.5. The van der Waals surface area contributed by atoms with Gasteiger partial charge in [-0.3, -0.25) is 4.98 Å². The summed E-state index contributed by atoms with van der Waals surface area (Å²) in [5.41, 5.74) is 1.96. The maximum Gasteiger partial charge on any atom is 0.335 e. The van der Waals surface area contributed by atoms with E-state index >= 15 is 0 Å². The van der Waals surface area contributed by atoms with E-state index in [0.717, 1.165) is 23.4 Å². The highest BCUT2D eigenvalue weighted by molar-refractivity contribution is 5.88. The number of benzene rings is 1. The third kappa shape index (κ3) is 4.31. The van der Waals surface area contributed by atoms with Crippen molar-refractivity contribution < 1.29 is 14.6 Å². The standard InChI is InChI=1S/C17H19NO3/c1-2-3-4-11-21-15-9-10-16(18-12-15)13-5-7-14(8-6-13)17(19)20/h5-10,12H,2-4,11H2,1H3,(H,19,20). The minimum absolute atomic E-state index is 0.273. The average molecular weight is 285 g/mol. The summed E-state index contributed by atoms with van der Waals surface area (Å²) in [4.78, 5) is 15.2. The van der Waals surface area contributed by atoms with E-state index in [0.29, 0.717) is 6.61 Å². The molecule has 0 atom stereocenters. The van der Waals surface area contributed by atoms with Crippen LogP contribution in [0.3, 0.4) is 0 Å². The molecule has 0 radical (unpaired) electrons. The molecule has 1 aromatic heterocycles. The Balaban J connectivity index is 1.99. The smallest absolute Gasteiger partial charge is 0.335 e. The second kappa shape index (κ2) is 7.43. The van der Waals surface area contributed by atoms with E-state index < -0.39 is 5.97 Å². The Kier molecular flexibility index (Phi) is 5.32. The minimum Gasteiger partial charge on any atom is -0.492 e. The molecule has 0 saturated carbocycles. The van der Waals surface area contributed by atoms with Gasteiger partial charge in [0.05, 0.1) is 24.1 Å². The zero-order chi connectivity index (χ0) is 15.1. The largest absolute Gasteiger partial charge is 0.492 e. The molecule has 0 amide bonds. The molecule has 0 fully saturated rings. The number of pyridine rings is 1. The molecule has 1 heterocycles. The number of hydrogen-bond acceptors (Lipinski definition) is 3. The number of carbonyl (C=O) groups is 1. The lowest BCUT2D eigenvalue weighted by Crippen LogP contribution is -1.98. The Hall–Kier alpha value is -2.36. The number of unbranched alkanes of at least 4 members (excludes halogenated alkanes) is 2. The molecule has 4 heteroatoms. The van der Waals surface area contributed by atoms with Gasteiger partial charge in [0.25, 0.3) is 0 Å². The SMILES string of the molecule is CCCCCOc1ccc(-c2ccc(C(=O)O)cc2)nc1. The molecule has 2 rings (SSSR count). The fraction of sp³-hybridized carbons (Fsp3) is 0.294. The summed E-state index contributed by atoms with van der Waals surface area (Å²) < 4.78 is 5.61. The van der Waals surface area contributed by atoms with Gasteiger partial charge in [0.15, 0.2) is 0 Å². The van der Waals surface area contributed by atoms with E-state index in [2.05, 4.69) is 11.9 Å². The topological polar surface area (TPSA) is 59.4 Å². The Morgan fingerprint density at radius 3 is 2.48 bits per heavy atom. The van der Waals surface area contributed by atoms with Gasteiger partial charge in [0.2, 0.25) is 0 Å². The molecule has 21 heavy (non-hydrogen) atoms. The molecule has 0 bridgehead atoms. The number of nitrogens with zero attached hydrogens (tertiary/aromatic N) is 1. The van der Waals surface area contributed by atoms with Gasteiger partial charge < -0.3 is 9.84 Å². The summed E-state index contributed by atoms with van der Waals surface area (Å²) in [5, 5.41) is 8.87. The Morgan fingerprint density at radius 2 is 1.90 bits per heavy atom. The molecule has 1 N–H and O–H groups in total. The van der Waals surface area contributed by atoms with Crippen molar-refractivity contribution in [2.75, 3.05) is 6.61 Å². The van der Waals surface area contributed by atoms with Crippen LogP contribution in [0.2, 0.25) is 0 Å². The van der Waals surface area contributed by atoms with E-state index in [1.165, 1.54) is 12.8 Å². The molecular formula is C17H19NO3. The highest BCUT2D eigenvalue weighted by Crippen LogP contribution is 2.20. The monoisotopic (exact) mass is 285 g/mol. The summed E-state index contributed by atoms with van der Waals surface area (Å²) in [7, 11) is 0. The number of carboxylic acid groups (broad SMARTS) is 1. The van der Waals surface area contributed by atoms with Crippen molar-refractivity contribution in [1.29, 1.82) is 0 Å². The highest BCUT2D eigenvalue weighted by Gasteiger charge is 2.04. The normalized spacial score (nSPS) is 10.3. The van der Waals surface area contributed by atoms with Gasteiger partial charge in [-0.25, -0.2) is 4.79 Å². The molecule has 0 aliphatic rings. The van der Waals surface area contributed by atoms with Crippen LogP contribution in [-0.2, 0) is 0 Å². The van der Waals surface area contributed by atoms with Gasteiger partial charge in [-0.05, 0) is 30.7 Å². The van der Waals surface area contributed by atoms with Crippen LogP contribution in [0.15, 0.2) is 42.6 Å². The maximum atomic E-state index is 10.8. The van der Waals surface area contributed by atoms with Gasteiger partial charge in [0, 0.05) is 5.56 Å². The summed E-state index contributed by atoms with van der Waals surface area (Å²) in [6, 6.07) is 10.4. The number of ether oxygens (including phenoxy) is 1. The number of hydrogen-bond donors (Lipinski definition) is 1. The molecule has 0 spiro atoms. The Labute approximate surface area is 124 Å². The minimum atomic E-state index is -0.926. The Bertz CT molecular complexity index is 576. The van der Waals surface area contributed by atoms with Crippen molar-refractivity contribution in [3.8, 4) is 17.0 Å². The summed E-state index contributed by atoms with van der Waals surface area (Å²) in [6.45, 7) is 2.87. The van der Waals surface area contributed by atoms with E-state index in [-0.39, 0.29) is 5.56 Å². The number of rotatable bonds is 7. The predicted molar refractivity (Wildman–Crippen MR) is 81.7 cm³/mol. The average Bonchev–Trinajstić information content (AvgIpc) is 2.52. The van der Waals surface area contributed by atoms with Gasteiger partial charge in [-0.15, -0.1) is 0 Å². The first-order chi connectivity index (χ1) is 10.2.